The lowest BCUT2D eigenvalue weighted by Crippen LogP contribution is -2.45. The van der Waals surface area contributed by atoms with Gasteiger partial charge >= 0.3 is 0 Å². The molecule has 1 unspecified atom stereocenters. The summed E-state index contributed by atoms with van der Waals surface area (Å²) in [6.45, 7) is 0.472. The van der Waals surface area contributed by atoms with E-state index >= 15 is 0 Å². The largest absolute Gasteiger partial charge is 0.393 e. The third-order valence-electron chi connectivity index (χ3n) is 5.17. The number of nitrogens with zero attached hydrogens (tertiary/aromatic N) is 4. The molecule has 0 aliphatic carbocycles. The number of nitrogen functional groups attached to an aromatic ring is 1. The predicted octanol–water partition coefficient (Wildman–Crippen LogP) is 0.653. The van der Waals surface area contributed by atoms with Gasteiger partial charge in [0, 0.05) is 0 Å². The van der Waals surface area contributed by atoms with Crippen LogP contribution in [0.25, 0.3) is 11.2 Å². The first-order chi connectivity index (χ1) is 13.2. The molecule has 1 aromatic carbocycles. The molecule has 2 aliphatic rings. The van der Waals surface area contributed by atoms with Crippen LogP contribution in [-0.4, -0.2) is 55.6 Å². The summed E-state index contributed by atoms with van der Waals surface area (Å²) in [5, 5.41) is 10.0. The van der Waals surface area contributed by atoms with Crippen LogP contribution in [0.2, 0.25) is 0 Å². The van der Waals surface area contributed by atoms with Crippen LogP contribution in [0.3, 0.4) is 0 Å². The molecule has 3 aromatic rings. The zero-order valence-electron chi connectivity index (χ0n) is 14.4. The van der Waals surface area contributed by atoms with E-state index in [1.165, 1.54) is 6.33 Å². The summed E-state index contributed by atoms with van der Waals surface area (Å²) in [5.74, 6) is 0.302. The Balaban J connectivity index is 1.45. The number of hydrogen-bond acceptors (Lipinski definition) is 8. The highest BCUT2D eigenvalue weighted by Crippen LogP contribution is 2.47. The lowest BCUT2D eigenvalue weighted by atomic mass is 10.00. The number of aromatic nitrogens is 4. The van der Waals surface area contributed by atoms with Crippen molar-refractivity contribution in [2.75, 3.05) is 18.9 Å². The Morgan fingerprint density at radius 2 is 2.11 bits per heavy atom. The SMILES string of the molecule is Nc1ncnc2c1ncn2[C@@H]1O[C@@]2(CO)CO[C@H]1C2OCc1ccccc1. The van der Waals surface area contributed by atoms with Crippen LogP contribution >= 0.6 is 0 Å². The Kier molecular flexibility index (Phi) is 3.83. The molecule has 9 heteroatoms. The second kappa shape index (κ2) is 6.24. The number of anilines is 1. The van der Waals surface area contributed by atoms with Gasteiger partial charge in [-0.1, -0.05) is 30.3 Å². The number of aliphatic hydroxyl groups excluding tert-OH is 1. The number of aliphatic hydroxyl groups is 1. The molecule has 2 aliphatic heterocycles. The number of hydrogen-bond donors (Lipinski definition) is 2. The van der Waals surface area contributed by atoms with Crippen LogP contribution in [-0.2, 0) is 20.8 Å². The van der Waals surface area contributed by atoms with Crippen LogP contribution in [0.5, 0.6) is 0 Å². The van der Waals surface area contributed by atoms with Gasteiger partial charge in [0.15, 0.2) is 17.7 Å². The zero-order valence-corrected chi connectivity index (χ0v) is 14.4. The fourth-order valence-corrected chi connectivity index (χ4v) is 3.80. The molecule has 27 heavy (non-hydrogen) atoms. The molecule has 9 nitrogen and oxygen atoms in total. The summed E-state index contributed by atoms with van der Waals surface area (Å²) in [6, 6.07) is 9.86. The zero-order chi connectivity index (χ0) is 18.4. The molecule has 5 rings (SSSR count). The Hall–Kier alpha value is -2.59. The minimum Gasteiger partial charge on any atom is -0.393 e. The molecule has 0 spiro atoms. The summed E-state index contributed by atoms with van der Waals surface area (Å²) in [5.41, 5.74) is 7.06. The van der Waals surface area contributed by atoms with Gasteiger partial charge in [-0.3, -0.25) is 4.57 Å². The fraction of sp³-hybridized carbons (Fsp3) is 0.389. The topological polar surface area (TPSA) is 118 Å². The highest BCUT2D eigenvalue weighted by molar-refractivity contribution is 5.81. The molecule has 0 saturated carbocycles. The average Bonchev–Trinajstić information content (AvgIpc) is 3.37. The minimum absolute atomic E-state index is 0.205. The van der Waals surface area contributed by atoms with Crippen molar-refractivity contribution < 1.29 is 19.3 Å². The first kappa shape index (κ1) is 16.6. The molecule has 2 saturated heterocycles. The molecule has 2 aromatic heterocycles. The van der Waals surface area contributed by atoms with Gasteiger partial charge in [-0.05, 0) is 5.56 Å². The number of imidazole rings is 1. The molecule has 3 N–H and O–H groups in total. The summed E-state index contributed by atoms with van der Waals surface area (Å²) < 4.78 is 20.0. The van der Waals surface area contributed by atoms with E-state index < -0.39 is 24.0 Å². The fourth-order valence-electron chi connectivity index (χ4n) is 3.80. The van der Waals surface area contributed by atoms with E-state index in [9.17, 15) is 5.11 Å². The van der Waals surface area contributed by atoms with Gasteiger partial charge in [0.05, 0.1) is 26.1 Å². The van der Waals surface area contributed by atoms with Crippen molar-refractivity contribution in [2.24, 2.45) is 0 Å². The van der Waals surface area contributed by atoms with Crippen LogP contribution < -0.4 is 5.73 Å². The van der Waals surface area contributed by atoms with Gasteiger partial charge in [-0.2, -0.15) is 0 Å². The molecule has 2 bridgehead atoms. The lowest BCUT2D eigenvalue weighted by molar-refractivity contribution is -0.187. The highest BCUT2D eigenvalue weighted by Gasteiger charge is 2.63. The normalized spacial score (nSPS) is 29.6. The van der Waals surface area contributed by atoms with E-state index in [1.807, 2.05) is 30.3 Å². The van der Waals surface area contributed by atoms with Crippen molar-refractivity contribution in [1.82, 2.24) is 19.5 Å². The molecule has 0 amide bonds. The summed E-state index contributed by atoms with van der Waals surface area (Å²) in [7, 11) is 0. The Morgan fingerprint density at radius 3 is 2.93 bits per heavy atom. The summed E-state index contributed by atoms with van der Waals surface area (Å²) in [4.78, 5) is 12.5. The molecular formula is C18H19N5O4. The van der Waals surface area contributed by atoms with Gasteiger partial charge in [-0.25, -0.2) is 15.0 Å². The minimum atomic E-state index is -0.917. The van der Waals surface area contributed by atoms with Crippen LogP contribution in [0.15, 0.2) is 43.0 Å². The van der Waals surface area contributed by atoms with Gasteiger partial charge in [0.1, 0.15) is 29.7 Å². The van der Waals surface area contributed by atoms with Crippen molar-refractivity contribution in [3.05, 3.63) is 48.5 Å². The van der Waals surface area contributed by atoms with Crippen molar-refractivity contribution in [3.63, 3.8) is 0 Å². The number of fused-ring (bicyclic) bond motifs is 3. The molecule has 2 fully saturated rings. The second-order valence-electron chi connectivity index (χ2n) is 6.81. The molecule has 4 atom stereocenters. The average molecular weight is 369 g/mol. The number of benzene rings is 1. The van der Waals surface area contributed by atoms with Gasteiger partial charge in [0.25, 0.3) is 0 Å². The first-order valence-corrected chi connectivity index (χ1v) is 8.71. The molecule has 140 valence electrons. The van der Waals surface area contributed by atoms with Crippen LogP contribution in [0.4, 0.5) is 5.82 Å². The third-order valence-corrected chi connectivity index (χ3v) is 5.17. The summed E-state index contributed by atoms with van der Waals surface area (Å²) in [6.07, 6.45) is 1.66. The third kappa shape index (κ3) is 2.51. The van der Waals surface area contributed by atoms with Crippen LogP contribution in [0.1, 0.15) is 11.8 Å². The van der Waals surface area contributed by atoms with E-state index in [1.54, 1.807) is 10.9 Å². The number of ether oxygens (including phenoxy) is 3. The predicted molar refractivity (Wildman–Crippen MR) is 94.4 cm³/mol. The van der Waals surface area contributed by atoms with E-state index in [-0.39, 0.29) is 13.2 Å². The van der Waals surface area contributed by atoms with Crippen molar-refractivity contribution in [3.8, 4) is 0 Å². The monoisotopic (exact) mass is 369 g/mol. The standard InChI is InChI=1S/C18H19N5O4/c19-15-12-16(21-9-20-15)23(10-22-12)17-13-14(18(7-24,27-17)8-26-13)25-6-11-4-2-1-3-5-11/h1-5,9-10,13-14,17,24H,6-8H2,(H2,19,20,21)/t13-,14?,17+,18-/m0/s1. The van der Waals surface area contributed by atoms with E-state index in [4.69, 9.17) is 19.9 Å². The lowest BCUT2D eigenvalue weighted by Gasteiger charge is -2.29. The quantitative estimate of drug-likeness (QED) is 0.673. The molecule has 0 radical (unpaired) electrons. The van der Waals surface area contributed by atoms with Gasteiger partial charge in [-0.15, -0.1) is 0 Å². The van der Waals surface area contributed by atoms with Crippen molar-refractivity contribution >= 4 is 17.0 Å². The number of nitrogens with two attached hydrogens (primary N) is 1. The Morgan fingerprint density at radius 1 is 1.26 bits per heavy atom. The van der Waals surface area contributed by atoms with Crippen LogP contribution in [0, 0.1) is 0 Å². The maximum atomic E-state index is 10.0. The van der Waals surface area contributed by atoms with E-state index in [0.29, 0.717) is 23.6 Å². The molecular weight excluding hydrogens is 350 g/mol. The highest BCUT2D eigenvalue weighted by atomic mass is 16.7. The summed E-state index contributed by atoms with van der Waals surface area (Å²) >= 11 is 0. The van der Waals surface area contributed by atoms with Crippen molar-refractivity contribution in [1.29, 1.82) is 0 Å². The second-order valence-corrected chi connectivity index (χ2v) is 6.81. The van der Waals surface area contributed by atoms with Gasteiger partial charge < -0.3 is 25.1 Å². The Bertz CT molecular complexity index is 965. The maximum Gasteiger partial charge on any atom is 0.167 e. The van der Waals surface area contributed by atoms with E-state index in [0.717, 1.165) is 5.56 Å². The maximum absolute atomic E-state index is 10.0. The molecule has 4 heterocycles. The van der Waals surface area contributed by atoms with Crippen molar-refractivity contribution in [2.45, 2.75) is 30.6 Å². The number of rotatable bonds is 5. The first-order valence-electron chi connectivity index (χ1n) is 8.71. The van der Waals surface area contributed by atoms with Gasteiger partial charge in [0.2, 0.25) is 0 Å². The smallest absolute Gasteiger partial charge is 0.167 e. The van der Waals surface area contributed by atoms with E-state index in [2.05, 4.69) is 15.0 Å². The Labute approximate surface area is 154 Å².